The van der Waals surface area contributed by atoms with Gasteiger partial charge < -0.3 is 11.1 Å². The fourth-order valence-electron chi connectivity index (χ4n) is 3.27. The number of nitrogens with two attached hydrogens (primary N) is 1. The van der Waals surface area contributed by atoms with Crippen molar-refractivity contribution in [2.45, 2.75) is 13.3 Å². The molecule has 1 aromatic heterocycles. The standard InChI is InChI=1S/C24H20N2O2S/c1-15-6-8-16(9-7-15)14-20-19-4-2-3-5-21(19)29-22(20)24(28)26-18-12-10-17(11-13-18)23(25)27/h2-13H,14H2,1H3,(H2,25,27)(H,26,28). The number of primary amides is 1. The number of nitrogens with one attached hydrogen (secondary N) is 1. The normalized spacial score (nSPS) is 10.8. The third-order valence-electron chi connectivity index (χ3n) is 4.83. The lowest BCUT2D eigenvalue weighted by Crippen LogP contribution is -2.13. The van der Waals surface area contributed by atoms with Gasteiger partial charge in [0, 0.05) is 16.0 Å². The van der Waals surface area contributed by atoms with Crippen molar-refractivity contribution in [2.24, 2.45) is 5.73 Å². The maximum absolute atomic E-state index is 13.1. The second kappa shape index (κ2) is 7.89. The quantitative estimate of drug-likeness (QED) is 0.486. The highest BCUT2D eigenvalue weighted by Crippen LogP contribution is 2.33. The molecule has 0 fully saturated rings. The molecule has 0 bridgehead atoms. The highest BCUT2D eigenvalue weighted by atomic mass is 32.1. The van der Waals surface area contributed by atoms with Gasteiger partial charge in [0.2, 0.25) is 5.91 Å². The van der Waals surface area contributed by atoms with Crippen molar-refractivity contribution in [1.82, 2.24) is 0 Å². The number of carbonyl (C=O) groups excluding carboxylic acids is 2. The maximum atomic E-state index is 13.1. The van der Waals surface area contributed by atoms with Crippen LogP contribution in [0.3, 0.4) is 0 Å². The van der Waals surface area contributed by atoms with Gasteiger partial charge in [-0.15, -0.1) is 11.3 Å². The Bertz CT molecular complexity index is 1190. The molecule has 0 aliphatic rings. The molecular formula is C24H20N2O2S. The van der Waals surface area contributed by atoms with Crippen molar-refractivity contribution in [3.8, 4) is 0 Å². The number of rotatable bonds is 5. The van der Waals surface area contributed by atoms with E-state index in [-0.39, 0.29) is 5.91 Å². The number of aryl methyl sites for hydroxylation is 1. The molecule has 3 N–H and O–H groups in total. The van der Waals surface area contributed by atoms with Crippen molar-refractivity contribution in [3.63, 3.8) is 0 Å². The first-order chi connectivity index (χ1) is 14.0. The summed E-state index contributed by atoms with van der Waals surface area (Å²) in [6.45, 7) is 2.06. The molecule has 0 aliphatic carbocycles. The lowest BCUT2D eigenvalue weighted by molar-refractivity contribution is 0.0998. The highest BCUT2D eigenvalue weighted by molar-refractivity contribution is 7.21. The van der Waals surface area contributed by atoms with Gasteiger partial charge >= 0.3 is 0 Å². The summed E-state index contributed by atoms with van der Waals surface area (Å²) in [5, 5.41) is 4.04. The summed E-state index contributed by atoms with van der Waals surface area (Å²) in [6.07, 6.45) is 0.688. The molecule has 29 heavy (non-hydrogen) atoms. The smallest absolute Gasteiger partial charge is 0.266 e. The van der Waals surface area contributed by atoms with Crippen LogP contribution in [0.2, 0.25) is 0 Å². The summed E-state index contributed by atoms with van der Waals surface area (Å²) in [6, 6.07) is 23.1. The number of carbonyl (C=O) groups is 2. The Morgan fingerprint density at radius 2 is 1.62 bits per heavy atom. The van der Waals surface area contributed by atoms with Gasteiger partial charge in [0.15, 0.2) is 0 Å². The number of thiophene rings is 1. The maximum Gasteiger partial charge on any atom is 0.266 e. The van der Waals surface area contributed by atoms with Crippen molar-refractivity contribution in [2.75, 3.05) is 5.32 Å². The monoisotopic (exact) mass is 400 g/mol. The fraction of sp³-hybridized carbons (Fsp3) is 0.0833. The first kappa shape index (κ1) is 18.9. The largest absolute Gasteiger partial charge is 0.366 e. The van der Waals surface area contributed by atoms with Crippen LogP contribution >= 0.6 is 11.3 Å². The van der Waals surface area contributed by atoms with Crippen LogP contribution in [0.5, 0.6) is 0 Å². The molecule has 4 rings (SSSR count). The summed E-state index contributed by atoms with van der Waals surface area (Å²) in [7, 11) is 0. The molecule has 5 heteroatoms. The molecule has 1 heterocycles. The molecule has 3 aromatic carbocycles. The minimum atomic E-state index is -0.493. The van der Waals surface area contributed by atoms with E-state index in [4.69, 9.17) is 5.73 Å². The average Bonchev–Trinajstić information content (AvgIpc) is 3.09. The van der Waals surface area contributed by atoms with Crippen LogP contribution in [0.4, 0.5) is 5.69 Å². The Labute approximate surface area is 173 Å². The van der Waals surface area contributed by atoms with E-state index in [0.29, 0.717) is 22.5 Å². The predicted molar refractivity (Wildman–Crippen MR) is 119 cm³/mol. The first-order valence-corrected chi connectivity index (χ1v) is 10.1. The minimum Gasteiger partial charge on any atom is -0.366 e. The van der Waals surface area contributed by atoms with E-state index >= 15 is 0 Å². The molecular weight excluding hydrogens is 380 g/mol. The molecule has 0 saturated heterocycles. The zero-order valence-electron chi connectivity index (χ0n) is 15.9. The molecule has 0 saturated carbocycles. The molecule has 0 spiro atoms. The van der Waals surface area contributed by atoms with Crippen LogP contribution in [0.15, 0.2) is 72.8 Å². The lowest BCUT2D eigenvalue weighted by Gasteiger charge is -2.08. The lowest BCUT2D eigenvalue weighted by atomic mass is 10.0. The second-order valence-electron chi connectivity index (χ2n) is 6.96. The van der Waals surface area contributed by atoms with E-state index in [0.717, 1.165) is 15.6 Å². The van der Waals surface area contributed by atoms with Crippen molar-refractivity contribution in [1.29, 1.82) is 0 Å². The number of hydrogen-bond acceptors (Lipinski definition) is 3. The van der Waals surface area contributed by atoms with Crippen molar-refractivity contribution >= 4 is 38.9 Å². The minimum absolute atomic E-state index is 0.153. The zero-order valence-corrected chi connectivity index (χ0v) is 16.8. The summed E-state index contributed by atoms with van der Waals surface area (Å²) in [5.41, 5.74) is 9.71. The van der Waals surface area contributed by atoms with E-state index in [9.17, 15) is 9.59 Å². The molecule has 0 radical (unpaired) electrons. The van der Waals surface area contributed by atoms with Crippen LogP contribution in [-0.2, 0) is 6.42 Å². The van der Waals surface area contributed by atoms with Gasteiger partial charge in [-0.1, -0.05) is 48.0 Å². The topological polar surface area (TPSA) is 72.2 Å². The SMILES string of the molecule is Cc1ccc(Cc2c(C(=O)Nc3ccc(C(N)=O)cc3)sc3ccccc23)cc1. The zero-order chi connectivity index (χ0) is 20.4. The van der Waals surface area contributed by atoms with E-state index in [1.165, 1.54) is 22.5 Å². The van der Waals surface area contributed by atoms with Crippen LogP contribution in [0.25, 0.3) is 10.1 Å². The van der Waals surface area contributed by atoms with Crippen LogP contribution < -0.4 is 11.1 Å². The van der Waals surface area contributed by atoms with Crippen LogP contribution in [0.1, 0.15) is 36.7 Å². The summed E-state index contributed by atoms with van der Waals surface area (Å²) >= 11 is 1.50. The third kappa shape index (κ3) is 4.05. The van der Waals surface area contributed by atoms with Crippen LogP contribution in [0, 0.1) is 6.92 Å². The fourth-order valence-corrected chi connectivity index (χ4v) is 4.39. The van der Waals surface area contributed by atoms with Gasteiger partial charge in [-0.3, -0.25) is 9.59 Å². The molecule has 2 amide bonds. The van der Waals surface area contributed by atoms with Gasteiger partial charge in [-0.2, -0.15) is 0 Å². The third-order valence-corrected chi connectivity index (χ3v) is 6.05. The second-order valence-corrected chi connectivity index (χ2v) is 8.02. The van der Waals surface area contributed by atoms with Gasteiger partial charge in [0.1, 0.15) is 0 Å². The molecule has 0 unspecified atom stereocenters. The Balaban J connectivity index is 1.67. The summed E-state index contributed by atoms with van der Waals surface area (Å²) in [4.78, 5) is 25.0. The van der Waals surface area contributed by atoms with E-state index in [1.807, 2.05) is 18.2 Å². The Hall–Kier alpha value is -3.44. The van der Waals surface area contributed by atoms with E-state index < -0.39 is 5.91 Å². The van der Waals surface area contributed by atoms with E-state index in [1.54, 1.807) is 24.3 Å². The van der Waals surface area contributed by atoms with E-state index in [2.05, 4.69) is 42.6 Å². The van der Waals surface area contributed by atoms with Gasteiger partial charge in [0.05, 0.1) is 4.88 Å². The van der Waals surface area contributed by atoms with Crippen molar-refractivity contribution in [3.05, 3.63) is 99.9 Å². The van der Waals surface area contributed by atoms with Gasteiger partial charge in [-0.25, -0.2) is 0 Å². The first-order valence-electron chi connectivity index (χ1n) is 9.28. The number of amides is 2. The predicted octanol–water partition coefficient (Wildman–Crippen LogP) is 5.15. The molecule has 0 atom stereocenters. The number of anilines is 1. The molecule has 0 aliphatic heterocycles. The van der Waals surface area contributed by atoms with Crippen molar-refractivity contribution < 1.29 is 9.59 Å². The van der Waals surface area contributed by atoms with Crippen LogP contribution in [-0.4, -0.2) is 11.8 Å². The number of hydrogen-bond donors (Lipinski definition) is 2. The molecule has 144 valence electrons. The summed E-state index contributed by atoms with van der Waals surface area (Å²) in [5.74, 6) is -0.645. The number of fused-ring (bicyclic) bond motifs is 1. The van der Waals surface area contributed by atoms with Gasteiger partial charge in [-0.05, 0) is 60.2 Å². The molecule has 4 nitrogen and oxygen atoms in total. The highest BCUT2D eigenvalue weighted by Gasteiger charge is 2.19. The Kier molecular flexibility index (Phi) is 5.14. The van der Waals surface area contributed by atoms with Gasteiger partial charge in [0.25, 0.3) is 5.91 Å². The molecule has 4 aromatic rings. The average molecular weight is 401 g/mol. The number of benzene rings is 3. The Morgan fingerprint density at radius 1 is 0.931 bits per heavy atom. The summed E-state index contributed by atoms with van der Waals surface area (Å²) < 4.78 is 1.09. The Morgan fingerprint density at radius 3 is 2.31 bits per heavy atom.